The van der Waals surface area contributed by atoms with Crippen molar-refractivity contribution < 1.29 is 27.4 Å². The van der Waals surface area contributed by atoms with Crippen LogP contribution < -0.4 is 9.64 Å². The molecule has 0 amide bonds. The minimum absolute atomic E-state index is 0.145. The molecule has 1 aliphatic rings. The lowest BCUT2D eigenvalue weighted by Gasteiger charge is -2.22. The average molecular weight is 517 g/mol. The fourth-order valence-electron chi connectivity index (χ4n) is 4.02. The summed E-state index contributed by atoms with van der Waals surface area (Å²) in [5, 5.41) is 0.615. The third kappa shape index (κ3) is 6.18. The van der Waals surface area contributed by atoms with Crippen LogP contribution in [0, 0.1) is 0 Å². The fraction of sp³-hybridized carbons (Fsp3) is 0.259. The van der Waals surface area contributed by atoms with Crippen molar-refractivity contribution in [3.05, 3.63) is 83.0 Å². The van der Waals surface area contributed by atoms with Crippen LogP contribution in [0.3, 0.4) is 0 Å². The number of hydrogen-bond donors (Lipinski definition) is 0. The zero-order valence-electron chi connectivity index (χ0n) is 19.5. The van der Waals surface area contributed by atoms with Crippen molar-refractivity contribution in [1.29, 1.82) is 0 Å². The molecule has 1 atom stereocenters. The molecule has 1 fully saturated rings. The van der Waals surface area contributed by atoms with Gasteiger partial charge in [-0.25, -0.2) is 9.78 Å². The third-order valence-electron chi connectivity index (χ3n) is 5.73. The van der Waals surface area contributed by atoms with Gasteiger partial charge >= 0.3 is 12.1 Å². The number of nitrogens with zero attached hydrogens (tertiary/aromatic N) is 2. The molecule has 188 valence electrons. The first-order valence-corrected chi connectivity index (χ1v) is 11.8. The van der Waals surface area contributed by atoms with Crippen molar-refractivity contribution in [1.82, 2.24) is 4.98 Å². The van der Waals surface area contributed by atoms with Crippen LogP contribution in [0.25, 0.3) is 17.2 Å². The molecule has 5 nitrogen and oxygen atoms in total. The number of carbonyl (C=O) groups is 1. The van der Waals surface area contributed by atoms with E-state index < -0.39 is 17.7 Å². The van der Waals surface area contributed by atoms with Crippen molar-refractivity contribution in [2.24, 2.45) is 0 Å². The predicted octanol–water partition coefficient (Wildman–Crippen LogP) is 6.65. The van der Waals surface area contributed by atoms with Gasteiger partial charge in [0.25, 0.3) is 0 Å². The molecule has 4 rings (SSSR count). The van der Waals surface area contributed by atoms with E-state index in [9.17, 15) is 18.0 Å². The molecule has 1 aromatic heterocycles. The van der Waals surface area contributed by atoms with Gasteiger partial charge in [-0.2, -0.15) is 13.2 Å². The Morgan fingerprint density at radius 3 is 2.69 bits per heavy atom. The Balaban J connectivity index is 1.55. The molecule has 0 radical (unpaired) electrons. The highest BCUT2D eigenvalue weighted by Gasteiger charge is 2.31. The SMILES string of the molecule is CCOC(=O)C=Cc1cc(-c2ccccc2Cl)ccc1N1CCC(Oc2ccc(C(F)(F)F)cn2)C1. The maximum Gasteiger partial charge on any atom is 0.417 e. The molecule has 0 spiro atoms. The van der Waals surface area contributed by atoms with Crippen molar-refractivity contribution in [3.63, 3.8) is 0 Å². The number of alkyl halides is 3. The number of anilines is 1. The zero-order chi connectivity index (χ0) is 25.7. The van der Waals surface area contributed by atoms with Crippen molar-refractivity contribution >= 4 is 29.3 Å². The Hall–Kier alpha value is -3.52. The molecule has 2 aromatic carbocycles. The van der Waals surface area contributed by atoms with Gasteiger partial charge in [0.15, 0.2) is 0 Å². The lowest BCUT2D eigenvalue weighted by atomic mass is 10.0. The molecule has 0 N–H and O–H groups in total. The number of pyridine rings is 1. The lowest BCUT2D eigenvalue weighted by Crippen LogP contribution is -2.25. The molecule has 1 saturated heterocycles. The molecule has 1 aliphatic heterocycles. The highest BCUT2D eigenvalue weighted by Crippen LogP contribution is 2.34. The van der Waals surface area contributed by atoms with Gasteiger partial charge in [0.05, 0.1) is 18.7 Å². The fourth-order valence-corrected chi connectivity index (χ4v) is 4.26. The van der Waals surface area contributed by atoms with Crippen molar-refractivity contribution in [3.8, 4) is 17.0 Å². The van der Waals surface area contributed by atoms with Gasteiger partial charge in [0.1, 0.15) is 6.10 Å². The number of carbonyl (C=O) groups excluding carboxylic acids is 1. The Morgan fingerprint density at radius 1 is 1.19 bits per heavy atom. The topological polar surface area (TPSA) is 51.7 Å². The number of benzene rings is 2. The van der Waals surface area contributed by atoms with Crippen LogP contribution in [-0.2, 0) is 15.7 Å². The van der Waals surface area contributed by atoms with Crippen LogP contribution in [-0.4, -0.2) is 36.8 Å². The van der Waals surface area contributed by atoms with Crippen molar-refractivity contribution in [2.75, 3.05) is 24.6 Å². The molecule has 3 aromatic rings. The van der Waals surface area contributed by atoms with Gasteiger partial charge in [-0.1, -0.05) is 35.9 Å². The van der Waals surface area contributed by atoms with E-state index in [-0.39, 0.29) is 18.6 Å². The highest BCUT2D eigenvalue weighted by molar-refractivity contribution is 6.33. The van der Waals surface area contributed by atoms with Gasteiger partial charge in [-0.3, -0.25) is 0 Å². The first-order valence-electron chi connectivity index (χ1n) is 11.4. The number of halogens is 4. The van der Waals surface area contributed by atoms with E-state index in [1.54, 1.807) is 13.0 Å². The van der Waals surface area contributed by atoms with Gasteiger partial charge < -0.3 is 14.4 Å². The Labute approximate surface area is 212 Å². The molecule has 9 heteroatoms. The Bertz CT molecular complexity index is 1250. The van der Waals surface area contributed by atoms with E-state index in [0.717, 1.165) is 34.6 Å². The van der Waals surface area contributed by atoms with Crippen LogP contribution in [0.15, 0.2) is 66.9 Å². The summed E-state index contributed by atoms with van der Waals surface area (Å²) in [6.07, 6.45) is -0.170. The van der Waals surface area contributed by atoms with Gasteiger partial charge in [-0.05, 0) is 48.4 Å². The maximum absolute atomic E-state index is 12.8. The van der Waals surface area contributed by atoms with Crippen LogP contribution >= 0.6 is 11.6 Å². The summed E-state index contributed by atoms with van der Waals surface area (Å²) in [4.78, 5) is 17.9. The minimum atomic E-state index is -4.45. The van der Waals surface area contributed by atoms with Crippen LogP contribution in [0.2, 0.25) is 5.02 Å². The first kappa shape index (κ1) is 25.6. The highest BCUT2D eigenvalue weighted by atomic mass is 35.5. The number of aromatic nitrogens is 1. The summed E-state index contributed by atoms with van der Waals surface area (Å²) in [5.74, 6) is -0.297. The molecular weight excluding hydrogens is 493 g/mol. The summed E-state index contributed by atoms with van der Waals surface area (Å²) in [6.45, 7) is 3.19. The van der Waals surface area contributed by atoms with E-state index >= 15 is 0 Å². The molecule has 2 heterocycles. The summed E-state index contributed by atoms with van der Waals surface area (Å²) < 4.78 is 49.2. The zero-order valence-corrected chi connectivity index (χ0v) is 20.2. The Kier molecular flexibility index (Phi) is 7.84. The average Bonchev–Trinajstić information content (AvgIpc) is 3.31. The second-order valence-corrected chi connectivity index (χ2v) is 8.60. The molecule has 36 heavy (non-hydrogen) atoms. The lowest BCUT2D eigenvalue weighted by molar-refractivity contribution is -0.138. The number of ether oxygens (including phenoxy) is 2. The summed E-state index contributed by atoms with van der Waals surface area (Å²) in [6, 6.07) is 15.6. The number of hydrogen-bond acceptors (Lipinski definition) is 5. The van der Waals surface area contributed by atoms with Gasteiger partial charge in [-0.15, -0.1) is 0 Å². The van der Waals surface area contributed by atoms with Crippen molar-refractivity contribution in [2.45, 2.75) is 25.6 Å². The molecule has 1 unspecified atom stereocenters. The maximum atomic E-state index is 12.8. The van der Waals surface area contributed by atoms with E-state index in [2.05, 4.69) is 9.88 Å². The summed E-state index contributed by atoms with van der Waals surface area (Å²) in [7, 11) is 0. The normalized spacial score (nSPS) is 15.9. The van der Waals surface area contributed by atoms with Crippen LogP contribution in [0.4, 0.5) is 18.9 Å². The minimum Gasteiger partial charge on any atom is -0.472 e. The van der Waals surface area contributed by atoms with Crippen LogP contribution in [0.1, 0.15) is 24.5 Å². The largest absolute Gasteiger partial charge is 0.472 e. The molecule has 0 bridgehead atoms. The second kappa shape index (κ2) is 11.0. The third-order valence-corrected chi connectivity index (χ3v) is 6.06. The second-order valence-electron chi connectivity index (χ2n) is 8.20. The van der Waals surface area contributed by atoms with E-state index in [1.807, 2.05) is 42.5 Å². The molecule has 0 saturated carbocycles. The molecular formula is C27H24ClF3N2O3. The van der Waals surface area contributed by atoms with Gasteiger partial charge in [0.2, 0.25) is 5.88 Å². The first-order chi connectivity index (χ1) is 17.2. The molecule has 0 aliphatic carbocycles. The van der Waals surface area contributed by atoms with E-state index in [0.29, 0.717) is 24.5 Å². The monoisotopic (exact) mass is 516 g/mol. The quantitative estimate of drug-likeness (QED) is 0.260. The van der Waals surface area contributed by atoms with E-state index in [1.165, 1.54) is 12.1 Å². The summed E-state index contributed by atoms with van der Waals surface area (Å²) >= 11 is 6.39. The van der Waals surface area contributed by atoms with Crippen LogP contribution in [0.5, 0.6) is 5.88 Å². The number of rotatable bonds is 7. The predicted molar refractivity (Wildman–Crippen MR) is 133 cm³/mol. The summed E-state index contributed by atoms with van der Waals surface area (Å²) in [5.41, 5.74) is 2.63. The Morgan fingerprint density at radius 2 is 2.00 bits per heavy atom. The standard InChI is InChI=1S/C27H24ClF3N2O3/c1-2-35-26(34)12-8-19-15-18(22-5-3-4-6-23(22)28)7-10-24(19)33-14-13-21(17-33)36-25-11-9-20(16-32-25)27(29,30)31/h3-12,15-16,21H,2,13-14,17H2,1H3. The van der Waals surface area contributed by atoms with Gasteiger partial charge in [0, 0.05) is 47.6 Å². The smallest absolute Gasteiger partial charge is 0.417 e. The van der Waals surface area contributed by atoms with E-state index in [4.69, 9.17) is 21.1 Å². The number of esters is 1.